The number of aryl methyl sites for hydroxylation is 1. The first-order valence-electron chi connectivity index (χ1n) is 4.95. The van der Waals surface area contributed by atoms with Crippen molar-refractivity contribution in [2.45, 2.75) is 13.0 Å². The van der Waals surface area contributed by atoms with E-state index < -0.39 is 0 Å². The first-order chi connectivity index (χ1) is 7.22. The van der Waals surface area contributed by atoms with E-state index in [0.29, 0.717) is 6.54 Å². The van der Waals surface area contributed by atoms with Crippen molar-refractivity contribution in [1.82, 2.24) is 14.5 Å². The number of hydrogen-bond donors (Lipinski definition) is 2. The summed E-state index contributed by atoms with van der Waals surface area (Å²) in [5, 5.41) is 3.25. The lowest BCUT2D eigenvalue weighted by atomic mass is 10.3. The molecule has 5 heteroatoms. The molecule has 0 aliphatic heterocycles. The van der Waals surface area contributed by atoms with E-state index in [0.717, 1.165) is 17.0 Å². The minimum atomic E-state index is 0.216. The summed E-state index contributed by atoms with van der Waals surface area (Å²) in [6.45, 7) is 2.61. The van der Waals surface area contributed by atoms with Gasteiger partial charge in [-0.05, 0) is 13.0 Å². The van der Waals surface area contributed by atoms with Gasteiger partial charge in [0.15, 0.2) is 0 Å². The number of rotatable bonds is 3. The standard InChI is InChI=1S/C10H15N5/c1-7(5-11)13-10-14-8-6-12-4-3-9(8)15(10)2/h3-4,6-7H,5,11H2,1-2H3,(H,13,14). The number of nitrogens with one attached hydrogen (secondary N) is 1. The molecule has 0 aliphatic rings. The van der Waals surface area contributed by atoms with Crippen molar-refractivity contribution in [2.24, 2.45) is 12.8 Å². The van der Waals surface area contributed by atoms with Crippen LogP contribution < -0.4 is 11.1 Å². The molecule has 0 bridgehead atoms. The van der Waals surface area contributed by atoms with Gasteiger partial charge in [-0.15, -0.1) is 0 Å². The Morgan fingerprint density at radius 2 is 2.40 bits per heavy atom. The van der Waals surface area contributed by atoms with Crippen LogP contribution in [-0.2, 0) is 7.05 Å². The van der Waals surface area contributed by atoms with E-state index in [1.165, 1.54) is 0 Å². The van der Waals surface area contributed by atoms with Crippen LogP contribution in [0.5, 0.6) is 0 Å². The van der Waals surface area contributed by atoms with Crippen LogP contribution in [0.3, 0.4) is 0 Å². The largest absolute Gasteiger partial charge is 0.352 e. The molecule has 3 N–H and O–H groups in total. The number of nitrogens with two attached hydrogens (primary N) is 1. The molecule has 5 nitrogen and oxygen atoms in total. The van der Waals surface area contributed by atoms with E-state index in [2.05, 4.69) is 15.3 Å². The third-order valence-corrected chi connectivity index (χ3v) is 2.41. The fourth-order valence-corrected chi connectivity index (χ4v) is 1.46. The minimum Gasteiger partial charge on any atom is -0.352 e. The van der Waals surface area contributed by atoms with Crippen LogP contribution in [-0.4, -0.2) is 27.1 Å². The minimum absolute atomic E-state index is 0.216. The summed E-state index contributed by atoms with van der Waals surface area (Å²) in [7, 11) is 1.97. The number of imidazole rings is 1. The molecule has 0 aromatic carbocycles. The third-order valence-electron chi connectivity index (χ3n) is 2.41. The number of nitrogens with zero attached hydrogens (tertiary/aromatic N) is 3. The van der Waals surface area contributed by atoms with E-state index >= 15 is 0 Å². The quantitative estimate of drug-likeness (QED) is 0.775. The summed E-state index contributed by atoms with van der Waals surface area (Å²) in [6, 6.07) is 2.16. The van der Waals surface area contributed by atoms with Crippen LogP contribution in [0.2, 0.25) is 0 Å². The van der Waals surface area contributed by atoms with Crippen molar-refractivity contribution >= 4 is 17.0 Å². The fourth-order valence-electron chi connectivity index (χ4n) is 1.46. The molecule has 15 heavy (non-hydrogen) atoms. The molecule has 0 radical (unpaired) electrons. The second-order valence-electron chi connectivity index (χ2n) is 3.64. The van der Waals surface area contributed by atoms with Crippen LogP contribution >= 0.6 is 0 Å². The van der Waals surface area contributed by atoms with Gasteiger partial charge in [0.2, 0.25) is 5.95 Å². The predicted octanol–water partition coefficient (Wildman–Crippen LogP) is 0.727. The molecule has 0 fully saturated rings. The van der Waals surface area contributed by atoms with Gasteiger partial charge in [-0.25, -0.2) is 4.98 Å². The Morgan fingerprint density at radius 1 is 1.60 bits per heavy atom. The Labute approximate surface area is 88.3 Å². The molecule has 0 aliphatic carbocycles. The zero-order chi connectivity index (χ0) is 10.8. The number of fused-ring (bicyclic) bond motifs is 1. The number of pyridine rings is 1. The van der Waals surface area contributed by atoms with Crippen molar-refractivity contribution in [2.75, 3.05) is 11.9 Å². The lowest BCUT2D eigenvalue weighted by Crippen LogP contribution is -2.26. The van der Waals surface area contributed by atoms with Crippen molar-refractivity contribution < 1.29 is 0 Å². The maximum absolute atomic E-state index is 5.55. The van der Waals surface area contributed by atoms with Crippen LogP contribution in [0.1, 0.15) is 6.92 Å². The van der Waals surface area contributed by atoms with Crippen LogP contribution in [0.25, 0.3) is 11.0 Å². The average Bonchev–Trinajstić information content (AvgIpc) is 2.57. The molecule has 0 spiro atoms. The SMILES string of the molecule is CC(CN)Nc1nc2cnccc2n1C. The van der Waals surface area contributed by atoms with Gasteiger partial charge < -0.3 is 15.6 Å². The maximum Gasteiger partial charge on any atom is 0.203 e. The predicted molar refractivity (Wildman–Crippen MR) is 60.6 cm³/mol. The monoisotopic (exact) mass is 205 g/mol. The highest BCUT2D eigenvalue weighted by Crippen LogP contribution is 2.16. The number of hydrogen-bond acceptors (Lipinski definition) is 4. The van der Waals surface area contributed by atoms with Gasteiger partial charge in [-0.2, -0.15) is 0 Å². The Hall–Kier alpha value is -1.62. The summed E-state index contributed by atoms with van der Waals surface area (Å²) in [6.07, 6.45) is 3.52. The van der Waals surface area contributed by atoms with Gasteiger partial charge in [0.1, 0.15) is 5.52 Å². The highest BCUT2D eigenvalue weighted by molar-refractivity contribution is 5.77. The lowest BCUT2D eigenvalue weighted by Gasteiger charge is -2.11. The topological polar surface area (TPSA) is 68.8 Å². The molecule has 2 aromatic heterocycles. The van der Waals surface area contributed by atoms with Gasteiger partial charge in [0, 0.05) is 25.8 Å². The Bertz CT molecular complexity index is 462. The average molecular weight is 205 g/mol. The zero-order valence-corrected chi connectivity index (χ0v) is 8.94. The number of anilines is 1. The summed E-state index contributed by atoms with van der Waals surface area (Å²) < 4.78 is 2.00. The zero-order valence-electron chi connectivity index (χ0n) is 8.94. The van der Waals surface area contributed by atoms with E-state index in [1.807, 2.05) is 24.6 Å². The molecule has 80 valence electrons. The third kappa shape index (κ3) is 1.78. The van der Waals surface area contributed by atoms with Crippen LogP contribution in [0.4, 0.5) is 5.95 Å². The summed E-state index contributed by atoms with van der Waals surface area (Å²) >= 11 is 0. The second-order valence-corrected chi connectivity index (χ2v) is 3.64. The van der Waals surface area contributed by atoms with Gasteiger partial charge in [0.05, 0.1) is 11.7 Å². The number of aromatic nitrogens is 3. The molecular formula is C10H15N5. The van der Waals surface area contributed by atoms with Crippen molar-refractivity contribution in [3.8, 4) is 0 Å². The molecule has 1 unspecified atom stereocenters. The normalized spacial score (nSPS) is 13.0. The van der Waals surface area contributed by atoms with Crippen molar-refractivity contribution in [3.63, 3.8) is 0 Å². The van der Waals surface area contributed by atoms with Crippen LogP contribution in [0.15, 0.2) is 18.5 Å². The first-order valence-corrected chi connectivity index (χ1v) is 4.95. The first kappa shape index (κ1) is 9.92. The summed E-state index contributed by atoms with van der Waals surface area (Å²) in [5.74, 6) is 0.830. The Morgan fingerprint density at radius 3 is 3.07 bits per heavy atom. The molecule has 0 saturated carbocycles. The van der Waals surface area contributed by atoms with Crippen molar-refractivity contribution in [1.29, 1.82) is 0 Å². The summed E-state index contributed by atoms with van der Waals surface area (Å²) in [5.41, 5.74) is 7.51. The molecule has 0 amide bonds. The maximum atomic E-state index is 5.55. The molecule has 0 saturated heterocycles. The van der Waals surface area contributed by atoms with Gasteiger partial charge in [0.25, 0.3) is 0 Å². The van der Waals surface area contributed by atoms with E-state index in [4.69, 9.17) is 5.73 Å². The Balaban J connectivity index is 2.40. The second kappa shape index (κ2) is 3.86. The fraction of sp³-hybridized carbons (Fsp3) is 0.400. The lowest BCUT2D eigenvalue weighted by molar-refractivity contribution is 0.777. The molecule has 1 atom stereocenters. The van der Waals surface area contributed by atoms with Gasteiger partial charge in [-0.1, -0.05) is 0 Å². The van der Waals surface area contributed by atoms with E-state index in [1.54, 1.807) is 12.4 Å². The molecule has 2 rings (SSSR count). The van der Waals surface area contributed by atoms with E-state index in [9.17, 15) is 0 Å². The molecule has 2 aromatic rings. The van der Waals surface area contributed by atoms with E-state index in [-0.39, 0.29) is 6.04 Å². The highest BCUT2D eigenvalue weighted by Gasteiger charge is 2.08. The van der Waals surface area contributed by atoms with Gasteiger partial charge in [-0.3, -0.25) is 4.98 Å². The highest BCUT2D eigenvalue weighted by atomic mass is 15.2. The summed E-state index contributed by atoms with van der Waals surface area (Å²) in [4.78, 5) is 8.47. The Kier molecular flexibility index (Phi) is 2.55. The van der Waals surface area contributed by atoms with Crippen LogP contribution in [0, 0.1) is 0 Å². The van der Waals surface area contributed by atoms with Gasteiger partial charge >= 0.3 is 0 Å². The molecular weight excluding hydrogens is 190 g/mol. The van der Waals surface area contributed by atoms with Crippen molar-refractivity contribution in [3.05, 3.63) is 18.5 Å². The smallest absolute Gasteiger partial charge is 0.203 e. The molecule has 2 heterocycles.